The van der Waals surface area contributed by atoms with Crippen molar-refractivity contribution in [3.8, 4) is 0 Å². The first-order chi connectivity index (χ1) is 10.6. The molecule has 0 aromatic heterocycles. The molecule has 2 atom stereocenters. The van der Waals surface area contributed by atoms with Crippen LogP contribution in [0.3, 0.4) is 0 Å². The van der Waals surface area contributed by atoms with Crippen molar-refractivity contribution in [3.63, 3.8) is 0 Å². The van der Waals surface area contributed by atoms with E-state index in [1.54, 1.807) is 13.8 Å². The number of ether oxygens (including phenoxy) is 3. The van der Waals surface area contributed by atoms with Crippen LogP contribution in [0.2, 0.25) is 0 Å². The summed E-state index contributed by atoms with van der Waals surface area (Å²) in [5.41, 5.74) is 1.94. The molecule has 0 spiro atoms. The van der Waals surface area contributed by atoms with E-state index < -0.39 is 24.0 Å². The van der Waals surface area contributed by atoms with Gasteiger partial charge in [-0.2, -0.15) is 0 Å². The first-order valence-corrected chi connectivity index (χ1v) is 7.65. The largest absolute Gasteiger partial charge is 0.465 e. The lowest BCUT2D eigenvalue weighted by molar-refractivity contribution is -0.172. The second-order valence-electron chi connectivity index (χ2n) is 5.25. The van der Waals surface area contributed by atoms with Gasteiger partial charge in [-0.05, 0) is 38.3 Å². The number of hydrogen-bond acceptors (Lipinski definition) is 5. The van der Waals surface area contributed by atoms with Gasteiger partial charge in [-0.15, -0.1) is 0 Å². The van der Waals surface area contributed by atoms with Gasteiger partial charge in [0.2, 0.25) is 0 Å². The number of benzene rings is 1. The van der Waals surface area contributed by atoms with Crippen molar-refractivity contribution < 1.29 is 23.8 Å². The fourth-order valence-corrected chi connectivity index (χ4v) is 2.74. The average molecular weight is 306 g/mol. The number of rotatable bonds is 5. The maximum absolute atomic E-state index is 12.3. The molecule has 1 aliphatic rings. The Kier molecular flexibility index (Phi) is 5.55. The maximum Gasteiger partial charge on any atom is 0.323 e. The summed E-state index contributed by atoms with van der Waals surface area (Å²) in [5.74, 6) is -2.30. The second kappa shape index (κ2) is 7.40. The number of carbonyl (C=O) groups is 2. The zero-order chi connectivity index (χ0) is 16.1. The van der Waals surface area contributed by atoms with E-state index >= 15 is 0 Å². The SMILES string of the molecule is CCOC(=O)C(C(=O)OCC)C1OC(C)Cc2ccccc21. The molecule has 2 unspecified atom stereocenters. The van der Waals surface area contributed by atoms with Crippen molar-refractivity contribution in [2.24, 2.45) is 5.92 Å². The minimum atomic E-state index is -1.09. The Bertz CT molecular complexity index is 522. The van der Waals surface area contributed by atoms with Crippen molar-refractivity contribution in [2.75, 3.05) is 13.2 Å². The Hall–Kier alpha value is -1.88. The minimum absolute atomic E-state index is 0.0775. The summed E-state index contributed by atoms with van der Waals surface area (Å²) in [5, 5.41) is 0. The molecule has 120 valence electrons. The molecule has 0 saturated carbocycles. The number of carbonyl (C=O) groups excluding carboxylic acids is 2. The van der Waals surface area contributed by atoms with Gasteiger partial charge in [-0.1, -0.05) is 24.3 Å². The monoisotopic (exact) mass is 306 g/mol. The van der Waals surface area contributed by atoms with Gasteiger partial charge in [0, 0.05) is 0 Å². The van der Waals surface area contributed by atoms with Crippen LogP contribution in [-0.4, -0.2) is 31.3 Å². The summed E-state index contributed by atoms with van der Waals surface area (Å²) in [6, 6.07) is 7.70. The Morgan fingerprint density at radius 2 is 1.77 bits per heavy atom. The fourth-order valence-electron chi connectivity index (χ4n) is 2.74. The molecule has 0 N–H and O–H groups in total. The van der Waals surface area contributed by atoms with E-state index in [2.05, 4.69) is 0 Å². The lowest BCUT2D eigenvalue weighted by atomic mass is 9.87. The van der Waals surface area contributed by atoms with Gasteiger partial charge >= 0.3 is 11.9 Å². The van der Waals surface area contributed by atoms with E-state index in [4.69, 9.17) is 14.2 Å². The third-order valence-corrected chi connectivity index (χ3v) is 3.63. The molecule has 1 aliphatic heterocycles. The molecule has 0 fully saturated rings. The van der Waals surface area contributed by atoms with Crippen LogP contribution < -0.4 is 0 Å². The molecule has 1 aromatic rings. The van der Waals surface area contributed by atoms with E-state index in [0.717, 1.165) is 17.5 Å². The standard InChI is InChI=1S/C17H22O5/c1-4-20-16(18)14(17(19)21-5-2)15-13-9-7-6-8-12(13)10-11(3)22-15/h6-9,11,14-15H,4-5,10H2,1-3H3. The van der Waals surface area contributed by atoms with Crippen molar-refractivity contribution in [1.29, 1.82) is 0 Å². The zero-order valence-corrected chi connectivity index (χ0v) is 13.2. The Balaban J connectivity index is 2.38. The van der Waals surface area contributed by atoms with Crippen LogP contribution >= 0.6 is 0 Å². The lowest BCUT2D eigenvalue weighted by Crippen LogP contribution is -2.38. The molecule has 0 radical (unpaired) electrons. The third-order valence-electron chi connectivity index (χ3n) is 3.63. The Labute approximate surface area is 130 Å². The van der Waals surface area contributed by atoms with E-state index in [-0.39, 0.29) is 19.3 Å². The number of esters is 2. The van der Waals surface area contributed by atoms with E-state index in [0.29, 0.717) is 0 Å². The molecule has 2 rings (SSSR count). The topological polar surface area (TPSA) is 61.8 Å². The highest BCUT2D eigenvalue weighted by Crippen LogP contribution is 2.36. The summed E-state index contributed by atoms with van der Waals surface area (Å²) >= 11 is 0. The van der Waals surface area contributed by atoms with Crippen LogP contribution in [0.5, 0.6) is 0 Å². The van der Waals surface area contributed by atoms with Crippen molar-refractivity contribution in [1.82, 2.24) is 0 Å². The summed E-state index contributed by atoms with van der Waals surface area (Å²) < 4.78 is 16.0. The highest BCUT2D eigenvalue weighted by atomic mass is 16.6. The van der Waals surface area contributed by atoms with Crippen LogP contribution in [0.4, 0.5) is 0 Å². The van der Waals surface area contributed by atoms with Crippen LogP contribution in [0.25, 0.3) is 0 Å². The smallest absolute Gasteiger partial charge is 0.323 e. The molecule has 1 heterocycles. The Morgan fingerprint density at radius 1 is 1.18 bits per heavy atom. The third kappa shape index (κ3) is 3.47. The van der Waals surface area contributed by atoms with Gasteiger partial charge < -0.3 is 14.2 Å². The van der Waals surface area contributed by atoms with Gasteiger partial charge in [0.05, 0.1) is 19.3 Å². The minimum Gasteiger partial charge on any atom is -0.465 e. The van der Waals surface area contributed by atoms with Crippen molar-refractivity contribution in [3.05, 3.63) is 35.4 Å². The van der Waals surface area contributed by atoms with E-state index in [9.17, 15) is 9.59 Å². The van der Waals surface area contributed by atoms with Gasteiger partial charge in [0.25, 0.3) is 0 Å². The van der Waals surface area contributed by atoms with Crippen LogP contribution in [0.1, 0.15) is 38.0 Å². The Morgan fingerprint density at radius 3 is 2.36 bits per heavy atom. The summed E-state index contributed by atoms with van der Waals surface area (Å²) in [7, 11) is 0. The highest BCUT2D eigenvalue weighted by molar-refractivity contribution is 5.96. The first-order valence-electron chi connectivity index (χ1n) is 7.65. The summed E-state index contributed by atoms with van der Waals surface area (Å²) in [6.07, 6.45) is 0.00899. The van der Waals surface area contributed by atoms with Gasteiger partial charge in [-0.25, -0.2) is 0 Å². The van der Waals surface area contributed by atoms with Crippen LogP contribution in [-0.2, 0) is 30.2 Å². The molecule has 5 heteroatoms. The molecule has 1 aromatic carbocycles. The number of fused-ring (bicyclic) bond motifs is 1. The molecular formula is C17H22O5. The molecule has 22 heavy (non-hydrogen) atoms. The van der Waals surface area contributed by atoms with Crippen LogP contribution in [0, 0.1) is 5.92 Å². The zero-order valence-electron chi connectivity index (χ0n) is 13.2. The second-order valence-corrected chi connectivity index (χ2v) is 5.25. The van der Waals surface area contributed by atoms with Crippen molar-refractivity contribution in [2.45, 2.75) is 39.4 Å². The molecule has 5 nitrogen and oxygen atoms in total. The van der Waals surface area contributed by atoms with Gasteiger partial charge in [-0.3, -0.25) is 9.59 Å². The predicted octanol–water partition coefficient (Wildman–Crippen LogP) is 2.43. The maximum atomic E-state index is 12.3. The fraction of sp³-hybridized carbons (Fsp3) is 0.529. The normalized spacial score (nSPS) is 20.4. The van der Waals surface area contributed by atoms with Gasteiger partial charge in [0.15, 0.2) is 5.92 Å². The summed E-state index contributed by atoms with van der Waals surface area (Å²) in [6.45, 7) is 5.75. The molecule has 0 saturated heterocycles. The average Bonchev–Trinajstić information content (AvgIpc) is 2.47. The van der Waals surface area contributed by atoms with Gasteiger partial charge in [0.1, 0.15) is 6.10 Å². The van der Waals surface area contributed by atoms with Crippen molar-refractivity contribution >= 4 is 11.9 Å². The van der Waals surface area contributed by atoms with Crippen LogP contribution in [0.15, 0.2) is 24.3 Å². The molecular weight excluding hydrogens is 284 g/mol. The number of hydrogen-bond donors (Lipinski definition) is 0. The quantitative estimate of drug-likeness (QED) is 0.617. The van der Waals surface area contributed by atoms with E-state index in [1.165, 1.54) is 0 Å². The highest BCUT2D eigenvalue weighted by Gasteiger charge is 2.42. The summed E-state index contributed by atoms with van der Waals surface area (Å²) in [4.78, 5) is 24.5. The van der Waals surface area contributed by atoms with E-state index in [1.807, 2.05) is 31.2 Å². The molecule has 0 amide bonds. The predicted molar refractivity (Wildman–Crippen MR) is 80.2 cm³/mol. The molecule has 0 aliphatic carbocycles. The lowest BCUT2D eigenvalue weighted by Gasteiger charge is -2.33. The first kappa shape index (κ1) is 16.5. The molecule has 0 bridgehead atoms.